The summed E-state index contributed by atoms with van der Waals surface area (Å²) in [5, 5.41) is 2.10. The Morgan fingerprint density at radius 1 is 0.929 bits per heavy atom. The Labute approximate surface area is 169 Å². The lowest BCUT2D eigenvalue weighted by atomic mass is 9.99. The Balaban J connectivity index is 1.80. The number of nitrogens with one attached hydrogen (secondary N) is 2. The molecule has 0 aromatic heterocycles. The van der Waals surface area contributed by atoms with Crippen molar-refractivity contribution in [3.8, 4) is 0 Å². The molecule has 0 radical (unpaired) electrons. The summed E-state index contributed by atoms with van der Waals surface area (Å²) in [4.78, 5) is 14.6. The first kappa shape index (κ1) is 21.1. The highest BCUT2D eigenvalue weighted by molar-refractivity contribution is 7.90. The zero-order chi connectivity index (χ0) is 20.6. The first-order valence-corrected chi connectivity index (χ1v) is 11.9. The Kier molecular flexibility index (Phi) is 6.05. The van der Waals surface area contributed by atoms with E-state index in [0.29, 0.717) is 0 Å². The standard InChI is InChI=1S/C21H33N3O3S/c1-13(2)24(14(3)4)15(5)28(26,27)23-21(25)22-20-18-10-6-8-16(18)12-17-9-7-11-19(17)20/h12-15H,6-11H2,1-5H3,(H2,22,23,25). The fourth-order valence-electron chi connectivity index (χ4n) is 4.92. The fraction of sp³-hybridized carbons (Fsp3) is 0.667. The number of fused-ring (bicyclic) bond motifs is 2. The number of aryl methyl sites for hydroxylation is 2. The molecule has 0 saturated carbocycles. The van der Waals surface area contributed by atoms with Crippen molar-refractivity contribution in [1.29, 1.82) is 0 Å². The van der Waals surface area contributed by atoms with Gasteiger partial charge in [0.2, 0.25) is 0 Å². The number of urea groups is 1. The molecule has 2 aliphatic rings. The van der Waals surface area contributed by atoms with E-state index < -0.39 is 21.4 Å². The number of anilines is 1. The maximum Gasteiger partial charge on any atom is 0.332 e. The van der Waals surface area contributed by atoms with Crippen LogP contribution in [0.25, 0.3) is 0 Å². The summed E-state index contributed by atoms with van der Waals surface area (Å²) in [5.74, 6) is 0. The Morgan fingerprint density at radius 3 is 1.89 bits per heavy atom. The molecule has 6 nitrogen and oxygen atoms in total. The van der Waals surface area contributed by atoms with Crippen molar-refractivity contribution in [2.24, 2.45) is 0 Å². The number of benzene rings is 1. The minimum Gasteiger partial charge on any atom is -0.307 e. The summed E-state index contributed by atoms with van der Waals surface area (Å²) in [6, 6.07) is 1.73. The number of amides is 2. The first-order valence-electron chi connectivity index (χ1n) is 10.4. The molecule has 7 heteroatoms. The van der Waals surface area contributed by atoms with E-state index in [2.05, 4.69) is 16.1 Å². The van der Waals surface area contributed by atoms with Gasteiger partial charge in [0.25, 0.3) is 10.0 Å². The zero-order valence-electron chi connectivity index (χ0n) is 17.6. The predicted octanol–water partition coefficient (Wildman–Crippen LogP) is 3.58. The molecule has 3 rings (SSSR count). The molecule has 28 heavy (non-hydrogen) atoms. The van der Waals surface area contributed by atoms with E-state index in [-0.39, 0.29) is 12.1 Å². The Morgan fingerprint density at radius 2 is 1.43 bits per heavy atom. The lowest BCUT2D eigenvalue weighted by molar-refractivity contribution is 0.161. The molecule has 2 aliphatic carbocycles. The van der Waals surface area contributed by atoms with Gasteiger partial charge in [-0.25, -0.2) is 17.9 Å². The van der Waals surface area contributed by atoms with Crippen LogP contribution in [0.5, 0.6) is 0 Å². The van der Waals surface area contributed by atoms with Crippen LogP contribution in [0.15, 0.2) is 6.07 Å². The van der Waals surface area contributed by atoms with Gasteiger partial charge in [-0.05, 0) is 95.4 Å². The average Bonchev–Trinajstić information content (AvgIpc) is 3.22. The van der Waals surface area contributed by atoms with E-state index in [1.165, 1.54) is 22.3 Å². The highest BCUT2D eigenvalue weighted by Crippen LogP contribution is 2.38. The maximum absolute atomic E-state index is 12.8. The molecule has 1 aromatic rings. The van der Waals surface area contributed by atoms with Gasteiger partial charge in [0.05, 0.1) is 0 Å². The van der Waals surface area contributed by atoms with Gasteiger partial charge in [0.1, 0.15) is 5.37 Å². The molecule has 1 aromatic carbocycles. The molecule has 0 aliphatic heterocycles. The Hall–Kier alpha value is -1.60. The van der Waals surface area contributed by atoms with E-state index >= 15 is 0 Å². The predicted molar refractivity (Wildman–Crippen MR) is 113 cm³/mol. The number of hydrogen-bond acceptors (Lipinski definition) is 4. The maximum atomic E-state index is 12.8. The van der Waals surface area contributed by atoms with Gasteiger partial charge in [-0.15, -0.1) is 0 Å². The first-order chi connectivity index (χ1) is 13.1. The molecule has 0 spiro atoms. The summed E-state index contributed by atoms with van der Waals surface area (Å²) in [6.45, 7) is 9.48. The third-order valence-electron chi connectivity index (χ3n) is 6.01. The van der Waals surface area contributed by atoms with E-state index in [1.54, 1.807) is 6.92 Å². The number of carbonyl (C=O) groups is 1. The van der Waals surface area contributed by atoms with Crippen molar-refractivity contribution in [2.75, 3.05) is 5.32 Å². The monoisotopic (exact) mass is 407 g/mol. The van der Waals surface area contributed by atoms with E-state index in [9.17, 15) is 13.2 Å². The van der Waals surface area contributed by atoms with Crippen molar-refractivity contribution >= 4 is 21.7 Å². The molecule has 1 atom stereocenters. The second kappa shape index (κ2) is 8.03. The van der Waals surface area contributed by atoms with Gasteiger partial charge < -0.3 is 5.32 Å². The van der Waals surface area contributed by atoms with Crippen molar-refractivity contribution in [1.82, 2.24) is 9.62 Å². The Bertz CT molecular complexity index is 822. The quantitative estimate of drug-likeness (QED) is 0.755. The number of nitrogens with zero attached hydrogens (tertiary/aromatic N) is 1. The molecule has 0 heterocycles. The van der Waals surface area contributed by atoms with E-state index in [0.717, 1.165) is 44.2 Å². The van der Waals surface area contributed by atoms with Crippen LogP contribution >= 0.6 is 0 Å². The van der Waals surface area contributed by atoms with Crippen LogP contribution in [0.3, 0.4) is 0 Å². The van der Waals surface area contributed by atoms with Crippen LogP contribution < -0.4 is 10.0 Å². The second-order valence-corrected chi connectivity index (χ2v) is 10.5. The summed E-state index contributed by atoms with van der Waals surface area (Å²) < 4.78 is 27.9. The number of carbonyl (C=O) groups excluding carboxylic acids is 1. The average molecular weight is 408 g/mol. The van der Waals surface area contributed by atoms with Crippen LogP contribution in [0, 0.1) is 0 Å². The molecule has 1 unspecified atom stereocenters. The van der Waals surface area contributed by atoms with Crippen molar-refractivity contribution in [3.63, 3.8) is 0 Å². The minimum absolute atomic E-state index is 0.0512. The highest BCUT2D eigenvalue weighted by atomic mass is 32.2. The SMILES string of the molecule is CC(C)N(C(C)C)C(C)S(=O)(=O)NC(=O)Nc1c2c(cc3c1CCC3)CCC2. The van der Waals surface area contributed by atoms with Crippen LogP contribution in [0.1, 0.15) is 69.7 Å². The third kappa shape index (κ3) is 4.06. The van der Waals surface area contributed by atoms with E-state index in [1.807, 2.05) is 32.6 Å². The lowest BCUT2D eigenvalue weighted by Gasteiger charge is -2.35. The molecule has 0 saturated heterocycles. The molecule has 0 fully saturated rings. The summed E-state index contributed by atoms with van der Waals surface area (Å²) >= 11 is 0. The van der Waals surface area contributed by atoms with Gasteiger partial charge >= 0.3 is 6.03 Å². The summed E-state index contributed by atoms with van der Waals surface area (Å²) in [7, 11) is -3.83. The van der Waals surface area contributed by atoms with Crippen molar-refractivity contribution in [3.05, 3.63) is 28.3 Å². The topological polar surface area (TPSA) is 78.5 Å². The molecular formula is C21H33N3O3S. The van der Waals surface area contributed by atoms with Gasteiger partial charge in [0, 0.05) is 17.8 Å². The molecule has 0 bridgehead atoms. The molecular weight excluding hydrogens is 374 g/mol. The second-order valence-electron chi connectivity index (χ2n) is 8.57. The summed E-state index contributed by atoms with van der Waals surface area (Å²) in [6.07, 6.45) is 6.12. The van der Waals surface area contributed by atoms with Crippen molar-refractivity contribution in [2.45, 2.75) is 90.6 Å². The fourth-order valence-corrected chi connectivity index (χ4v) is 6.20. The zero-order valence-corrected chi connectivity index (χ0v) is 18.4. The molecule has 2 N–H and O–H groups in total. The third-order valence-corrected chi connectivity index (χ3v) is 7.62. The van der Waals surface area contributed by atoms with E-state index in [4.69, 9.17) is 0 Å². The smallest absolute Gasteiger partial charge is 0.307 e. The van der Waals surface area contributed by atoms with Crippen LogP contribution in [0.4, 0.5) is 10.5 Å². The van der Waals surface area contributed by atoms with Crippen molar-refractivity contribution < 1.29 is 13.2 Å². The van der Waals surface area contributed by atoms with Gasteiger partial charge in [-0.3, -0.25) is 4.90 Å². The normalized spacial score (nSPS) is 17.1. The highest BCUT2D eigenvalue weighted by Gasteiger charge is 2.33. The number of rotatable bonds is 6. The molecule has 2 amide bonds. The number of sulfonamides is 1. The largest absolute Gasteiger partial charge is 0.332 e. The van der Waals surface area contributed by atoms with Crippen LogP contribution in [-0.4, -0.2) is 36.8 Å². The number of hydrogen-bond donors (Lipinski definition) is 2. The molecule has 156 valence electrons. The van der Waals surface area contributed by atoms with Crippen LogP contribution in [-0.2, 0) is 35.7 Å². The lowest BCUT2D eigenvalue weighted by Crippen LogP contribution is -2.52. The summed E-state index contributed by atoms with van der Waals surface area (Å²) in [5.41, 5.74) is 5.84. The van der Waals surface area contributed by atoms with Crippen LogP contribution in [0.2, 0.25) is 0 Å². The van der Waals surface area contributed by atoms with Gasteiger partial charge in [-0.1, -0.05) is 6.07 Å². The minimum atomic E-state index is -3.83. The van der Waals surface area contributed by atoms with Gasteiger partial charge in [0.15, 0.2) is 0 Å². The van der Waals surface area contributed by atoms with Gasteiger partial charge in [-0.2, -0.15) is 0 Å².